The molecule has 2 aliphatic rings. The smallest absolute Gasteiger partial charge is 0.417 e. The number of nitrogens with zero attached hydrogens (tertiary/aromatic N) is 2. The average molecular weight is 1130 g/mol. The molecule has 4 heterocycles. The van der Waals surface area contributed by atoms with Gasteiger partial charge in [-0.3, -0.25) is 19.6 Å². The van der Waals surface area contributed by atoms with Crippen LogP contribution in [0.3, 0.4) is 0 Å². The quantitative estimate of drug-likeness (QED) is 0.0853. The maximum atomic E-state index is 13.1. The van der Waals surface area contributed by atoms with Gasteiger partial charge in [0.25, 0.3) is 0 Å². The number of carbonyl (C=O) groups is 2. The van der Waals surface area contributed by atoms with Gasteiger partial charge in [0.1, 0.15) is 61.0 Å². The van der Waals surface area contributed by atoms with E-state index in [1.807, 2.05) is 20.8 Å². The molecule has 0 saturated heterocycles. The Hall–Kier alpha value is -7.96. The summed E-state index contributed by atoms with van der Waals surface area (Å²) in [5.41, 5.74) is 1.25. The largest absolute Gasteiger partial charge is 0.490 e. The number of ketones is 2. The number of carbonyl (C=O) groups excluding carboxylic acids is 2. The molecule has 12 nitrogen and oxygen atoms in total. The second-order valence-electron chi connectivity index (χ2n) is 18.4. The van der Waals surface area contributed by atoms with Crippen LogP contribution < -0.4 is 37.9 Å². The molecule has 8 aromatic rings. The highest BCUT2D eigenvalue weighted by atomic mass is 35.5. The molecule has 0 N–H and O–H groups in total. The van der Waals surface area contributed by atoms with Crippen molar-refractivity contribution in [1.29, 1.82) is 0 Å². The van der Waals surface area contributed by atoms with Crippen LogP contribution in [0.5, 0.6) is 57.5 Å². The number of ether oxygens (including phenoxy) is 8. The molecule has 0 atom stereocenters. The van der Waals surface area contributed by atoms with Gasteiger partial charge in [0.05, 0.1) is 55.7 Å². The summed E-state index contributed by atoms with van der Waals surface area (Å²) in [6.45, 7) is 7.73. The number of rotatable bonds is 16. The van der Waals surface area contributed by atoms with Crippen LogP contribution in [-0.4, -0.2) is 60.7 Å². The molecule has 0 saturated carbocycles. The van der Waals surface area contributed by atoms with Crippen LogP contribution in [0.4, 0.5) is 26.3 Å². The minimum Gasteiger partial charge on any atom is -0.490 e. The van der Waals surface area contributed by atoms with Gasteiger partial charge >= 0.3 is 12.4 Å². The number of fused-ring (bicyclic) bond motifs is 6. The van der Waals surface area contributed by atoms with Gasteiger partial charge in [0.15, 0.2) is 23.0 Å². The maximum absolute atomic E-state index is 13.1. The van der Waals surface area contributed by atoms with E-state index in [0.717, 1.165) is 24.3 Å². The highest BCUT2D eigenvalue weighted by molar-refractivity contribution is 6.31. The maximum Gasteiger partial charge on any atom is 0.417 e. The first-order valence-corrected chi connectivity index (χ1v) is 25.6. The van der Waals surface area contributed by atoms with E-state index in [0.29, 0.717) is 123 Å². The summed E-state index contributed by atoms with van der Waals surface area (Å²) in [5.74, 6) is 4.70. The third kappa shape index (κ3) is 13.5. The van der Waals surface area contributed by atoms with Crippen molar-refractivity contribution in [2.45, 2.75) is 64.9 Å². The number of hydrogen-bond donors (Lipinski definition) is 0. The van der Waals surface area contributed by atoms with Crippen LogP contribution in [0.2, 0.25) is 10.0 Å². The minimum absolute atomic E-state index is 0.0553. The van der Waals surface area contributed by atoms with E-state index >= 15 is 0 Å². The van der Waals surface area contributed by atoms with Crippen LogP contribution in [-0.2, 0) is 47.6 Å². The van der Waals surface area contributed by atoms with Gasteiger partial charge in [-0.1, -0.05) is 59.6 Å². The van der Waals surface area contributed by atoms with Gasteiger partial charge in [-0.15, -0.1) is 0 Å². The zero-order chi connectivity index (χ0) is 56.0. The van der Waals surface area contributed by atoms with Crippen LogP contribution in [0, 0.1) is 0 Å². The van der Waals surface area contributed by atoms with E-state index in [1.165, 1.54) is 12.1 Å². The molecular weight excluding hydrogens is 1080 g/mol. The molecule has 79 heavy (non-hydrogen) atoms. The summed E-state index contributed by atoms with van der Waals surface area (Å²) in [7, 11) is 0. The SMILES string of the molecule is CC(C)Oc1cc2nccc(Oc3ccc(CC(=O)Cc4ccc(Cl)c(C(F)(F)F)c4)cc3)c2c2c1OCCO2.CCOc1cc2nccc(Oc3ccc(CC(=O)Cc4ccc(Cl)c(C(F)(F)F)c4)cc3)c2c2c1OCCO2. The molecule has 6 aromatic carbocycles. The van der Waals surface area contributed by atoms with Crippen molar-refractivity contribution in [2.24, 2.45) is 0 Å². The summed E-state index contributed by atoms with van der Waals surface area (Å²) in [6.07, 6.45) is -6.17. The number of hydrogen-bond acceptors (Lipinski definition) is 12. The predicted octanol–water partition coefficient (Wildman–Crippen LogP) is 14.8. The molecule has 0 radical (unpaired) electrons. The summed E-state index contributed by atoms with van der Waals surface area (Å²) in [5, 5.41) is 0.501. The zero-order valence-electron chi connectivity index (χ0n) is 42.5. The molecule has 10 rings (SSSR count). The monoisotopic (exact) mass is 1130 g/mol. The number of alkyl halides is 6. The first-order valence-electron chi connectivity index (χ1n) is 24.8. The summed E-state index contributed by atoms with van der Waals surface area (Å²) in [6, 6.07) is 27.9. The Balaban J connectivity index is 0.000000192. The normalized spacial score (nSPS) is 12.9. The molecule has 2 aromatic heterocycles. The number of pyridine rings is 2. The lowest BCUT2D eigenvalue weighted by Gasteiger charge is -2.24. The first kappa shape index (κ1) is 55.8. The van der Waals surface area contributed by atoms with Crippen molar-refractivity contribution in [2.75, 3.05) is 33.0 Å². The molecule has 0 bridgehead atoms. The highest BCUT2D eigenvalue weighted by Gasteiger charge is 2.35. The third-order valence-corrected chi connectivity index (χ3v) is 12.8. The Bertz CT molecular complexity index is 3540. The van der Waals surface area contributed by atoms with E-state index in [-0.39, 0.29) is 54.5 Å². The molecule has 0 amide bonds. The summed E-state index contributed by atoms with van der Waals surface area (Å²) < 4.78 is 126. The average Bonchev–Trinajstić information content (AvgIpc) is 3.42. The Labute approximate surface area is 459 Å². The lowest BCUT2D eigenvalue weighted by atomic mass is 10.0. The van der Waals surface area contributed by atoms with Crippen LogP contribution in [0.1, 0.15) is 54.2 Å². The number of benzene rings is 6. The van der Waals surface area contributed by atoms with Crippen molar-refractivity contribution in [3.05, 3.63) is 165 Å². The van der Waals surface area contributed by atoms with E-state index in [9.17, 15) is 35.9 Å². The Morgan fingerprint density at radius 1 is 0.519 bits per heavy atom. The standard InChI is InChI=1S/C30H25ClF3NO5.C29H23ClF3NO5/c1-17(2)39-26-16-24-27(29-28(26)37-11-12-38-29)25(9-10-35-24)40-21-6-3-18(4-7-21)13-20(36)14-19-5-8-23(31)22(15-19)30(32,33)34;1-2-36-25-16-23-26(28-27(25)37-11-12-38-28)24(9-10-34-23)39-20-6-3-17(4-7-20)13-19(35)14-18-5-8-22(30)21(15-18)29(31,32)33/h3-10,15-17H,11-14H2,1-2H3;3-10,15-16H,2,11-14H2,1H3. The molecule has 0 spiro atoms. The van der Waals surface area contributed by atoms with E-state index in [2.05, 4.69) is 9.97 Å². The third-order valence-electron chi connectivity index (χ3n) is 12.1. The van der Waals surface area contributed by atoms with Crippen LogP contribution >= 0.6 is 23.2 Å². The lowest BCUT2D eigenvalue weighted by molar-refractivity contribution is -0.138. The van der Waals surface area contributed by atoms with E-state index in [4.69, 9.17) is 61.1 Å². The van der Waals surface area contributed by atoms with Gasteiger partial charge in [-0.2, -0.15) is 26.3 Å². The fourth-order valence-corrected chi connectivity index (χ4v) is 9.21. The zero-order valence-corrected chi connectivity index (χ0v) is 44.0. The second kappa shape index (κ2) is 24.0. The molecule has 2 aliphatic heterocycles. The van der Waals surface area contributed by atoms with E-state index < -0.39 is 33.5 Å². The molecule has 410 valence electrons. The Morgan fingerprint density at radius 3 is 1.30 bits per heavy atom. The van der Waals surface area contributed by atoms with Crippen molar-refractivity contribution in [1.82, 2.24) is 9.97 Å². The van der Waals surface area contributed by atoms with Crippen molar-refractivity contribution < 1.29 is 73.8 Å². The summed E-state index contributed by atoms with van der Waals surface area (Å²) in [4.78, 5) is 34.1. The fourth-order valence-electron chi connectivity index (χ4n) is 8.76. The minimum atomic E-state index is -4.59. The molecule has 0 fully saturated rings. The molecular formula is C59H48Cl2F6N2O10. The Kier molecular flexibility index (Phi) is 16.9. The molecule has 20 heteroatoms. The summed E-state index contributed by atoms with van der Waals surface area (Å²) >= 11 is 11.3. The van der Waals surface area contributed by atoms with Crippen LogP contribution in [0.15, 0.2) is 122 Å². The highest BCUT2D eigenvalue weighted by Crippen LogP contribution is 2.50. The van der Waals surface area contributed by atoms with Gasteiger partial charge < -0.3 is 37.9 Å². The van der Waals surface area contributed by atoms with Crippen molar-refractivity contribution in [3.63, 3.8) is 0 Å². The van der Waals surface area contributed by atoms with Gasteiger partial charge in [-0.25, -0.2) is 0 Å². The number of halogens is 8. The number of aromatic nitrogens is 2. The van der Waals surface area contributed by atoms with Gasteiger partial charge in [0, 0.05) is 50.2 Å². The second-order valence-corrected chi connectivity index (χ2v) is 19.2. The van der Waals surface area contributed by atoms with Gasteiger partial charge in [-0.05, 0) is 104 Å². The van der Waals surface area contributed by atoms with Gasteiger partial charge in [0.2, 0.25) is 11.5 Å². The lowest BCUT2D eigenvalue weighted by Crippen LogP contribution is -2.17. The topological polar surface area (TPSA) is 134 Å². The molecule has 0 aliphatic carbocycles. The van der Waals surface area contributed by atoms with E-state index in [1.54, 1.807) is 85.2 Å². The number of Topliss-reactive ketones (excluding diaryl/α,β-unsaturated/α-hetero) is 2. The first-order chi connectivity index (χ1) is 37.8. The Morgan fingerprint density at radius 2 is 0.899 bits per heavy atom. The van der Waals surface area contributed by atoms with Crippen LogP contribution in [0.25, 0.3) is 21.8 Å². The fraction of sp³-hybridized carbons (Fsp3) is 0.254. The van der Waals surface area contributed by atoms with Crippen molar-refractivity contribution >= 4 is 56.6 Å². The van der Waals surface area contributed by atoms with Crippen molar-refractivity contribution in [3.8, 4) is 57.5 Å². The molecule has 0 unspecified atom stereocenters. The predicted molar refractivity (Wildman–Crippen MR) is 283 cm³/mol.